The second kappa shape index (κ2) is 6.50. The van der Waals surface area contributed by atoms with Crippen molar-refractivity contribution in [2.45, 2.75) is 26.1 Å². The lowest BCUT2D eigenvalue weighted by atomic mass is 9.97. The molecule has 2 aliphatic rings. The highest BCUT2D eigenvalue weighted by molar-refractivity contribution is 9.10. The van der Waals surface area contributed by atoms with Crippen molar-refractivity contribution >= 4 is 32.8 Å². The Balaban J connectivity index is 1.57. The summed E-state index contributed by atoms with van der Waals surface area (Å²) in [4.78, 5) is 14.8. The summed E-state index contributed by atoms with van der Waals surface area (Å²) in [6.45, 7) is 4.64. The summed E-state index contributed by atoms with van der Waals surface area (Å²) in [5.74, 6) is 0.642. The van der Waals surface area contributed by atoms with Crippen molar-refractivity contribution in [3.8, 4) is 0 Å². The minimum Gasteiger partial charge on any atom is -0.451 e. The molecule has 1 amide bonds. The number of piperidine rings is 1. The quantitative estimate of drug-likeness (QED) is 0.779. The molecule has 2 fully saturated rings. The molecule has 2 aliphatic heterocycles. The van der Waals surface area contributed by atoms with E-state index in [0.29, 0.717) is 25.5 Å². The van der Waals surface area contributed by atoms with E-state index in [0.717, 1.165) is 40.4 Å². The van der Waals surface area contributed by atoms with E-state index in [9.17, 15) is 4.79 Å². The summed E-state index contributed by atoms with van der Waals surface area (Å²) < 4.78 is 18.1. The van der Waals surface area contributed by atoms with Crippen LogP contribution in [0.5, 0.6) is 0 Å². The Morgan fingerprint density at radius 2 is 2.08 bits per heavy atom. The van der Waals surface area contributed by atoms with Crippen LogP contribution in [0.1, 0.15) is 29.0 Å². The number of hydrogen-bond acceptors (Lipinski definition) is 4. The average Bonchev–Trinajstić information content (AvgIpc) is 3.24. The zero-order valence-corrected chi connectivity index (χ0v) is 15.2. The fourth-order valence-corrected chi connectivity index (χ4v) is 3.97. The lowest BCUT2D eigenvalue weighted by molar-refractivity contribution is -0.0970. The molecule has 0 radical (unpaired) electrons. The van der Waals surface area contributed by atoms with Crippen LogP contribution in [0.4, 0.5) is 0 Å². The zero-order chi connectivity index (χ0) is 16.7. The number of benzene rings is 1. The molecule has 1 unspecified atom stereocenters. The first-order valence-corrected chi connectivity index (χ1v) is 9.14. The number of rotatable bonds is 2. The summed E-state index contributed by atoms with van der Waals surface area (Å²) in [6.07, 6.45) is 1.82. The van der Waals surface area contributed by atoms with Crippen molar-refractivity contribution in [2.24, 2.45) is 5.92 Å². The third kappa shape index (κ3) is 2.87. The van der Waals surface area contributed by atoms with Gasteiger partial charge in [-0.3, -0.25) is 4.79 Å². The zero-order valence-electron chi connectivity index (χ0n) is 13.6. The van der Waals surface area contributed by atoms with Crippen molar-refractivity contribution in [3.05, 3.63) is 34.0 Å². The summed E-state index contributed by atoms with van der Waals surface area (Å²) in [6, 6.07) is 5.80. The highest BCUT2D eigenvalue weighted by Crippen LogP contribution is 2.31. The first-order valence-electron chi connectivity index (χ1n) is 8.34. The van der Waals surface area contributed by atoms with Gasteiger partial charge in [-0.15, -0.1) is 0 Å². The van der Waals surface area contributed by atoms with E-state index in [1.807, 2.05) is 30.0 Å². The number of amides is 1. The molecule has 0 saturated carbocycles. The maximum Gasteiger partial charge on any atom is 0.289 e. The number of nitrogens with zero attached hydrogens (tertiary/aromatic N) is 1. The van der Waals surface area contributed by atoms with Crippen LogP contribution in [-0.2, 0) is 9.47 Å². The minimum atomic E-state index is -0.173. The molecule has 4 rings (SSSR count). The van der Waals surface area contributed by atoms with E-state index in [1.54, 1.807) is 0 Å². The third-order valence-corrected chi connectivity index (χ3v) is 5.36. The van der Waals surface area contributed by atoms with Gasteiger partial charge in [-0.05, 0) is 38.0 Å². The SMILES string of the molecule is Cc1c(C(=O)N2CCCC(C3OCCO3)C2)oc2ccc(Br)cc12. The predicted molar refractivity (Wildman–Crippen MR) is 93.0 cm³/mol. The van der Waals surface area contributed by atoms with E-state index < -0.39 is 0 Å². The summed E-state index contributed by atoms with van der Waals surface area (Å²) in [5, 5.41) is 0.976. The van der Waals surface area contributed by atoms with Crippen LogP contribution >= 0.6 is 15.9 Å². The molecular formula is C18H20BrNO4. The molecule has 0 aliphatic carbocycles. The van der Waals surface area contributed by atoms with E-state index in [1.165, 1.54) is 0 Å². The maximum absolute atomic E-state index is 13.0. The molecule has 1 aromatic carbocycles. The van der Waals surface area contributed by atoms with E-state index in [4.69, 9.17) is 13.9 Å². The Kier molecular flexibility index (Phi) is 4.37. The topological polar surface area (TPSA) is 51.9 Å². The summed E-state index contributed by atoms with van der Waals surface area (Å²) in [5.41, 5.74) is 1.64. The van der Waals surface area contributed by atoms with Crippen molar-refractivity contribution in [3.63, 3.8) is 0 Å². The number of aryl methyl sites for hydroxylation is 1. The molecule has 0 spiro atoms. The standard InChI is InChI=1S/C18H20BrNO4/c1-11-14-9-13(19)4-5-15(14)24-16(11)17(21)20-6-2-3-12(10-20)18-22-7-8-23-18/h4-5,9,12,18H,2-3,6-8,10H2,1H3. The molecule has 2 aromatic rings. The Labute approximate surface area is 149 Å². The van der Waals surface area contributed by atoms with Crippen LogP contribution in [-0.4, -0.2) is 43.4 Å². The average molecular weight is 394 g/mol. The van der Waals surface area contributed by atoms with Gasteiger partial charge in [-0.2, -0.15) is 0 Å². The number of hydrogen-bond donors (Lipinski definition) is 0. The van der Waals surface area contributed by atoms with Crippen molar-refractivity contribution in [1.29, 1.82) is 0 Å². The second-order valence-electron chi connectivity index (χ2n) is 6.46. The molecule has 5 nitrogen and oxygen atoms in total. The normalized spacial score (nSPS) is 22.4. The Morgan fingerprint density at radius 3 is 2.88 bits per heavy atom. The Hall–Kier alpha value is -1.37. The van der Waals surface area contributed by atoms with Crippen molar-refractivity contribution in [1.82, 2.24) is 4.90 Å². The van der Waals surface area contributed by atoms with Crippen molar-refractivity contribution in [2.75, 3.05) is 26.3 Å². The van der Waals surface area contributed by atoms with Crippen LogP contribution in [0.2, 0.25) is 0 Å². The van der Waals surface area contributed by atoms with Gasteiger partial charge < -0.3 is 18.8 Å². The molecule has 1 atom stereocenters. The Morgan fingerprint density at radius 1 is 1.29 bits per heavy atom. The number of ether oxygens (including phenoxy) is 2. The number of fused-ring (bicyclic) bond motifs is 1. The molecule has 128 valence electrons. The monoisotopic (exact) mass is 393 g/mol. The largest absolute Gasteiger partial charge is 0.451 e. The smallest absolute Gasteiger partial charge is 0.289 e. The van der Waals surface area contributed by atoms with Crippen LogP contribution in [0, 0.1) is 12.8 Å². The van der Waals surface area contributed by atoms with Gasteiger partial charge in [0, 0.05) is 34.4 Å². The highest BCUT2D eigenvalue weighted by Gasteiger charge is 2.34. The van der Waals surface area contributed by atoms with Gasteiger partial charge in [0.25, 0.3) is 5.91 Å². The number of carbonyl (C=O) groups is 1. The first-order chi connectivity index (χ1) is 11.6. The van der Waals surface area contributed by atoms with Gasteiger partial charge in [0.15, 0.2) is 12.1 Å². The third-order valence-electron chi connectivity index (χ3n) is 4.87. The molecule has 1 aromatic heterocycles. The lowest BCUT2D eigenvalue weighted by Crippen LogP contribution is -2.43. The first kappa shape index (κ1) is 16.1. The minimum absolute atomic E-state index is 0.0393. The molecule has 24 heavy (non-hydrogen) atoms. The molecule has 2 saturated heterocycles. The number of likely N-dealkylation sites (tertiary alicyclic amines) is 1. The maximum atomic E-state index is 13.0. The molecule has 0 bridgehead atoms. The van der Waals surface area contributed by atoms with E-state index >= 15 is 0 Å². The summed E-state index contributed by atoms with van der Waals surface area (Å²) in [7, 11) is 0. The van der Waals surface area contributed by atoms with Gasteiger partial charge in [-0.25, -0.2) is 0 Å². The number of halogens is 1. The fourth-order valence-electron chi connectivity index (χ4n) is 3.61. The lowest BCUT2D eigenvalue weighted by Gasteiger charge is -2.34. The van der Waals surface area contributed by atoms with Crippen LogP contribution in [0.3, 0.4) is 0 Å². The van der Waals surface area contributed by atoms with Gasteiger partial charge >= 0.3 is 0 Å². The highest BCUT2D eigenvalue weighted by atomic mass is 79.9. The van der Waals surface area contributed by atoms with Crippen LogP contribution in [0.15, 0.2) is 27.1 Å². The van der Waals surface area contributed by atoms with Crippen LogP contribution in [0.25, 0.3) is 11.0 Å². The fraction of sp³-hybridized carbons (Fsp3) is 0.500. The predicted octanol–water partition coefficient (Wildman–Crippen LogP) is 3.73. The van der Waals surface area contributed by atoms with E-state index in [-0.39, 0.29) is 18.1 Å². The van der Waals surface area contributed by atoms with Gasteiger partial charge in [-0.1, -0.05) is 15.9 Å². The Bertz CT molecular complexity index is 766. The van der Waals surface area contributed by atoms with Crippen molar-refractivity contribution < 1.29 is 18.7 Å². The number of carbonyl (C=O) groups excluding carboxylic acids is 1. The molecular weight excluding hydrogens is 374 g/mol. The summed E-state index contributed by atoms with van der Waals surface area (Å²) >= 11 is 3.47. The molecule has 0 N–H and O–H groups in total. The number of furan rings is 1. The van der Waals surface area contributed by atoms with Gasteiger partial charge in [0.1, 0.15) is 5.58 Å². The molecule has 3 heterocycles. The van der Waals surface area contributed by atoms with Gasteiger partial charge in [0.05, 0.1) is 13.2 Å². The van der Waals surface area contributed by atoms with E-state index in [2.05, 4.69) is 15.9 Å². The van der Waals surface area contributed by atoms with Gasteiger partial charge in [0.2, 0.25) is 0 Å². The van der Waals surface area contributed by atoms with Crippen LogP contribution < -0.4 is 0 Å². The second-order valence-corrected chi connectivity index (χ2v) is 7.38. The molecule has 6 heteroatoms.